The van der Waals surface area contributed by atoms with E-state index in [1.54, 1.807) is 19.4 Å². The first-order valence-corrected chi connectivity index (χ1v) is 6.79. The maximum atomic E-state index is 12.1. The van der Waals surface area contributed by atoms with E-state index in [-0.39, 0.29) is 5.97 Å². The standard InChI is InChI=1S/C14H21N3O3/c1-19-12-5-4-11(10-16-12)13(14(18)20-2)17-8-3-6-15-7-9-17/h4-5,10,13,15H,3,6-9H2,1-2H3. The van der Waals surface area contributed by atoms with Crippen LogP contribution < -0.4 is 10.1 Å². The van der Waals surface area contributed by atoms with Crippen molar-refractivity contribution < 1.29 is 14.3 Å². The molecule has 6 nitrogen and oxygen atoms in total. The number of pyridine rings is 1. The molecule has 20 heavy (non-hydrogen) atoms. The van der Waals surface area contributed by atoms with Gasteiger partial charge in [0.15, 0.2) is 0 Å². The average Bonchev–Trinajstić information content (AvgIpc) is 2.77. The second kappa shape index (κ2) is 7.21. The zero-order valence-corrected chi connectivity index (χ0v) is 12.0. The lowest BCUT2D eigenvalue weighted by Crippen LogP contribution is -2.37. The predicted octanol–water partition coefficient (Wildman–Crippen LogP) is 0.600. The van der Waals surface area contributed by atoms with Crippen LogP contribution in [-0.2, 0) is 9.53 Å². The summed E-state index contributed by atoms with van der Waals surface area (Å²) in [6, 6.07) is 3.23. The van der Waals surface area contributed by atoms with Crippen LogP contribution in [0.4, 0.5) is 0 Å². The van der Waals surface area contributed by atoms with E-state index in [2.05, 4.69) is 15.2 Å². The van der Waals surface area contributed by atoms with Gasteiger partial charge in [0.25, 0.3) is 0 Å². The maximum Gasteiger partial charge on any atom is 0.327 e. The summed E-state index contributed by atoms with van der Waals surface area (Å²) in [7, 11) is 2.99. The number of aromatic nitrogens is 1. The number of hydrogen-bond acceptors (Lipinski definition) is 6. The number of hydrogen-bond donors (Lipinski definition) is 1. The molecular weight excluding hydrogens is 258 g/mol. The van der Waals surface area contributed by atoms with Crippen LogP contribution >= 0.6 is 0 Å². The van der Waals surface area contributed by atoms with Gasteiger partial charge in [0, 0.05) is 31.9 Å². The van der Waals surface area contributed by atoms with Gasteiger partial charge in [-0.3, -0.25) is 4.90 Å². The van der Waals surface area contributed by atoms with Gasteiger partial charge in [0.2, 0.25) is 5.88 Å². The molecule has 0 spiro atoms. The minimum absolute atomic E-state index is 0.251. The Balaban J connectivity index is 2.23. The molecule has 1 fully saturated rings. The Morgan fingerprint density at radius 3 is 2.85 bits per heavy atom. The van der Waals surface area contributed by atoms with Gasteiger partial charge in [0.05, 0.1) is 14.2 Å². The first-order chi connectivity index (χ1) is 9.76. The van der Waals surface area contributed by atoms with Gasteiger partial charge in [-0.1, -0.05) is 0 Å². The normalized spacial score (nSPS) is 18.1. The molecule has 0 aromatic carbocycles. The molecule has 1 saturated heterocycles. The average molecular weight is 279 g/mol. The van der Waals surface area contributed by atoms with Gasteiger partial charge in [-0.25, -0.2) is 9.78 Å². The predicted molar refractivity (Wildman–Crippen MR) is 74.6 cm³/mol. The molecule has 1 aromatic heterocycles. The molecule has 1 atom stereocenters. The number of methoxy groups -OCH3 is 2. The lowest BCUT2D eigenvalue weighted by molar-refractivity contribution is -0.147. The number of ether oxygens (including phenoxy) is 2. The summed E-state index contributed by atoms with van der Waals surface area (Å²) in [5, 5.41) is 3.33. The second-order valence-corrected chi connectivity index (χ2v) is 4.70. The zero-order chi connectivity index (χ0) is 14.4. The summed E-state index contributed by atoms with van der Waals surface area (Å²) in [6.07, 6.45) is 2.69. The van der Waals surface area contributed by atoms with Crippen LogP contribution in [0.2, 0.25) is 0 Å². The van der Waals surface area contributed by atoms with Crippen molar-refractivity contribution in [2.75, 3.05) is 40.4 Å². The van der Waals surface area contributed by atoms with Gasteiger partial charge in [-0.15, -0.1) is 0 Å². The monoisotopic (exact) mass is 279 g/mol. The van der Waals surface area contributed by atoms with E-state index < -0.39 is 6.04 Å². The smallest absolute Gasteiger partial charge is 0.327 e. The van der Waals surface area contributed by atoms with Gasteiger partial charge in [-0.05, 0) is 24.6 Å². The molecule has 0 amide bonds. The summed E-state index contributed by atoms with van der Waals surface area (Å²) >= 11 is 0. The fourth-order valence-corrected chi connectivity index (χ4v) is 2.41. The summed E-state index contributed by atoms with van der Waals surface area (Å²) < 4.78 is 10.0. The van der Waals surface area contributed by atoms with Crippen LogP contribution in [0.15, 0.2) is 18.3 Å². The molecule has 1 unspecified atom stereocenters. The molecule has 110 valence electrons. The Morgan fingerprint density at radius 2 is 2.20 bits per heavy atom. The molecule has 1 aromatic rings. The second-order valence-electron chi connectivity index (χ2n) is 4.70. The maximum absolute atomic E-state index is 12.1. The Hall–Kier alpha value is -1.66. The largest absolute Gasteiger partial charge is 0.481 e. The third kappa shape index (κ3) is 3.46. The van der Waals surface area contributed by atoms with Crippen molar-refractivity contribution in [1.82, 2.24) is 15.2 Å². The van der Waals surface area contributed by atoms with Crippen LogP contribution in [0.25, 0.3) is 0 Å². The molecule has 1 aliphatic heterocycles. The van der Waals surface area contributed by atoms with Gasteiger partial charge < -0.3 is 14.8 Å². The minimum Gasteiger partial charge on any atom is -0.481 e. The molecule has 0 aliphatic carbocycles. The van der Waals surface area contributed by atoms with Crippen LogP contribution in [0.3, 0.4) is 0 Å². The SMILES string of the molecule is COC(=O)C(c1ccc(OC)nc1)N1CCCNCC1. The number of nitrogens with zero attached hydrogens (tertiary/aromatic N) is 2. The summed E-state index contributed by atoms with van der Waals surface area (Å²) in [4.78, 5) is 18.5. The van der Waals surface area contributed by atoms with E-state index >= 15 is 0 Å². The highest BCUT2D eigenvalue weighted by Crippen LogP contribution is 2.23. The summed E-state index contributed by atoms with van der Waals surface area (Å²) in [5.41, 5.74) is 0.833. The van der Waals surface area contributed by atoms with Crippen molar-refractivity contribution in [3.8, 4) is 5.88 Å². The molecule has 0 radical (unpaired) electrons. The van der Waals surface area contributed by atoms with Crippen LogP contribution in [0.1, 0.15) is 18.0 Å². The first-order valence-electron chi connectivity index (χ1n) is 6.79. The molecule has 1 N–H and O–H groups in total. The highest BCUT2D eigenvalue weighted by atomic mass is 16.5. The third-order valence-electron chi connectivity index (χ3n) is 3.45. The van der Waals surface area contributed by atoms with Gasteiger partial charge in [0.1, 0.15) is 6.04 Å². The van der Waals surface area contributed by atoms with E-state index in [1.807, 2.05) is 6.07 Å². The molecule has 2 heterocycles. The van der Waals surface area contributed by atoms with Gasteiger partial charge in [-0.2, -0.15) is 0 Å². The number of rotatable bonds is 4. The number of carbonyl (C=O) groups excluding carboxylic acids is 1. The van der Waals surface area contributed by atoms with Gasteiger partial charge >= 0.3 is 5.97 Å². The van der Waals surface area contributed by atoms with E-state index in [0.29, 0.717) is 5.88 Å². The fourth-order valence-electron chi connectivity index (χ4n) is 2.41. The summed E-state index contributed by atoms with van der Waals surface area (Å²) in [5.74, 6) is 0.286. The number of esters is 1. The van der Waals surface area contributed by atoms with Crippen LogP contribution in [0, 0.1) is 0 Å². The highest BCUT2D eigenvalue weighted by Gasteiger charge is 2.29. The summed E-state index contributed by atoms with van der Waals surface area (Å²) in [6.45, 7) is 3.52. The number of nitrogens with one attached hydrogen (secondary N) is 1. The van der Waals surface area contributed by atoms with Crippen molar-refractivity contribution in [1.29, 1.82) is 0 Å². The molecular formula is C14H21N3O3. The van der Waals surface area contributed by atoms with Crippen molar-refractivity contribution in [2.24, 2.45) is 0 Å². The van der Waals surface area contributed by atoms with E-state index in [0.717, 1.165) is 38.2 Å². The Kier molecular flexibility index (Phi) is 5.31. The van der Waals surface area contributed by atoms with E-state index in [1.165, 1.54) is 7.11 Å². The number of carbonyl (C=O) groups is 1. The Bertz CT molecular complexity index is 428. The first kappa shape index (κ1) is 14.7. The van der Waals surface area contributed by atoms with Crippen LogP contribution in [-0.4, -0.2) is 56.3 Å². The molecule has 1 aliphatic rings. The lowest BCUT2D eigenvalue weighted by atomic mass is 10.1. The molecule has 6 heteroatoms. The van der Waals surface area contributed by atoms with E-state index in [4.69, 9.17) is 9.47 Å². The highest BCUT2D eigenvalue weighted by molar-refractivity contribution is 5.77. The quantitative estimate of drug-likeness (QED) is 0.814. The third-order valence-corrected chi connectivity index (χ3v) is 3.45. The topological polar surface area (TPSA) is 63.7 Å². The van der Waals surface area contributed by atoms with Crippen LogP contribution in [0.5, 0.6) is 5.88 Å². The molecule has 0 bridgehead atoms. The zero-order valence-electron chi connectivity index (χ0n) is 12.0. The minimum atomic E-state index is -0.404. The molecule has 2 rings (SSSR count). The Morgan fingerprint density at radius 1 is 1.35 bits per heavy atom. The Labute approximate surface area is 119 Å². The van der Waals surface area contributed by atoms with E-state index in [9.17, 15) is 4.79 Å². The molecule has 0 saturated carbocycles. The van der Waals surface area contributed by atoms with Crippen molar-refractivity contribution in [2.45, 2.75) is 12.5 Å². The van der Waals surface area contributed by atoms with Crippen molar-refractivity contribution in [3.63, 3.8) is 0 Å². The van der Waals surface area contributed by atoms with Crippen molar-refractivity contribution >= 4 is 5.97 Å². The fraction of sp³-hybridized carbons (Fsp3) is 0.571. The van der Waals surface area contributed by atoms with Crippen molar-refractivity contribution in [3.05, 3.63) is 23.9 Å². The lowest BCUT2D eigenvalue weighted by Gasteiger charge is -2.28.